The number of carbonyl (C=O) groups is 3. The SMILES string of the molecule is CC(=O)Oc1c2c(c(OC(C)=O)c3cc4ccccc4cc13)C1C(=O)C2c2ccccc21. The Morgan fingerprint density at radius 1 is 0.688 bits per heavy atom. The Hall–Kier alpha value is -3.99. The van der Waals surface area contributed by atoms with Crippen LogP contribution < -0.4 is 9.47 Å². The average molecular weight is 422 g/mol. The van der Waals surface area contributed by atoms with Gasteiger partial charge in [0.05, 0.1) is 11.8 Å². The lowest BCUT2D eigenvalue weighted by Crippen LogP contribution is -2.13. The van der Waals surface area contributed by atoms with E-state index in [9.17, 15) is 14.4 Å². The van der Waals surface area contributed by atoms with Crippen molar-refractivity contribution in [3.8, 4) is 11.5 Å². The molecule has 6 rings (SSSR count). The van der Waals surface area contributed by atoms with Gasteiger partial charge in [-0.25, -0.2) is 0 Å². The van der Waals surface area contributed by atoms with Crippen molar-refractivity contribution in [3.05, 3.63) is 82.9 Å². The van der Waals surface area contributed by atoms with Crippen molar-refractivity contribution in [2.24, 2.45) is 0 Å². The lowest BCUT2D eigenvalue weighted by Gasteiger charge is -2.24. The standard InChI is InChI=1S/C27H18O5/c1-13(28)31-26-19-11-15-7-3-4-8-16(15)12-20(19)27(32-14(2)29)24-22-18-10-6-5-9-17(18)21(23(24)26)25(22)30/h3-12,21-22H,1-2H3. The fourth-order valence-electron chi connectivity index (χ4n) is 5.34. The van der Waals surface area contributed by atoms with Gasteiger partial charge in [0.1, 0.15) is 11.5 Å². The Morgan fingerprint density at radius 3 is 1.50 bits per heavy atom. The van der Waals surface area contributed by atoms with E-state index in [-0.39, 0.29) is 5.78 Å². The Kier molecular flexibility index (Phi) is 3.81. The third kappa shape index (κ3) is 2.42. The minimum atomic E-state index is -0.550. The van der Waals surface area contributed by atoms with Crippen molar-refractivity contribution < 1.29 is 23.9 Å². The summed E-state index contributed by atoms with van der Waals surface area (Å²) in [7, 11) is 0. The number of ketones is 1. The Balaban J connectivity index is 1.80. The van der Waals surface area contributed by atoms with E-state index in [2.05, 4.69) is 0 Å². The van der Waals surface area contributed by atoms with Gasteiger partial charge in [-0.15, -0.1) is 0 Å². The topological polar surface area (TPSA) is 69.7 Å². The van der Waals surface area contributed by atoms with Gasteiger partial charge >= 0.3 is 11.9 Å². The molecule has 0 aliphatic heterocycles. The highest BCUT2D eigenvalue weighted by molar-refractivity contribution is 6.14. The first-order chi connectivity index (χ1) is 15.5. The van der Waals surface area contributed by atoms with Crippen LogP contribution in [0.3, 0.4) is 0 Å². The fourth-order valence-corrected chi connectivity index (χ4v) is 5.34. The number of rotatable bonds is 2. The highest BCUT2D eigenvalue weighted by atomic mass is 16.5. The molecule has 0 saturated heterocycles. The first kappa shape index (κ1) is 18.8. The zero-order valence-electron chi connectivity index (χ0n) is 17.5. The minimum Gasteiger partial charge on any atom is -0.426 e. The van der Waals surface area contributed by atoms with Crippen LogP contribution in [0, 0.1) is 0 Å². The maximum atomic E-state index is 13.5. The summed E-state index contributed by atoms with van der Waals surface area (Å²) < 4.78 is 11.5. The van der Waals surface area contributed by atoms with Crippen molar-refractivity contribution in [1.29, 1.82) is 0 Å². The molecule has 0 radical (unpaired) electrons. The van der Waals surface area contributed by atoms with Crippen molar-refractivity contribution in [3.63, 3.8) is 0 Å². The maximum Gasteiger partial charge on any atom is 0.308 e. The predicted octanol–water partition coefficient (Wildman–Crippen LogP) is 5.00. The second-order valence-electron chi connectivity index (χ2n) is 8.32. The van der Waals surface area contributed by atoms with E-state index in [0.717, 1.165) is 21.9 Å². The molecule has 2 aliphatic carbocycles. The third-order valence-corrected chi connectivity index (χ3v) is 6.41. The van der Waals surface area contributed by atoms with Crippen LogP contribution in [0.2, 0.25) is 0 Å². The number of Topliss-reactive ketones (excluding diaryl/α,β-unsaturated/α-hetero) is 1. The van der Waals surface area contributed by atoms with Crippen LogP contribution in [0.5, 0.6) is 11.5 Å². The smallest absolute Gasteiger partial charge is 0.308 e. The highest BCUT2D eigenvalue weighted by Crippen LogP contribution is 2.61. The molecule has 0 aromatic heterocycles. The summed E-state index contributed by atoms with van der Waals surface area (Å²) in [6.45, 7) is 2.70. The number of fused-ring (bicyclic) bond motifs is 10. The summed E-state index contributed by atoms with van der Waals surface area (Å²) in [5.74, 6) is -1.27. The summed E-state index contributed by atoms with van der Waals surface area (Å²) in [6.07, 6.45) is 0. The fraction of sp³-hybridized carbons (Fsp3) is 0.148. The lowest BCUT2D eigenvalue weighted by atomic mass is 9.82. The molecule has 0 saturated carbocycles. The number of hydrogen-bond donors (Lipinski definition) is 0. The number of hydrogen-bond acceptors (Lipinski definition) is 5. The molecule has 5 heteroatoms. The van der Waals surface area contributed by atoms with Gasteiger partial charge in [-0.2, -0.15) is 0 Å². The monoisotopic (exact) mass is 422 g/mol. The summed E-state index contributed by atoms with van der Waals surface area (Å²) in [5.41, 5.74) is 3.09. The van der Waals surface area contributed by atoms with Gasteiger partial charge < -0.3 is 9.47 Å². The Bertz CT molecular complexity index is 1400. The van der Waals surface area contributed by atoms with E-state index in [0.29, 0.717) is 33.4 Å². The van der Waals surface area contributed by atoms with Crippen LogP contribution in [-0.4, -0.2) is 17.7 Å². The molecule has 156 valence electrons. The molecule has 0 N–H and O–H groups in total. The average Bonchev–Trinajstić information content (AvgIpc) is 3.22. The summed E-state index contributed by atoms with van der Waals surface area (Å²) in [5, 5.41) is 3.20. The largest absolute Gasteiger partial charge is 0.426 e. The molecule has 0 fully saturated rings. The molecule has 5 nitrogen and oxygen atoms in total. The molecule has 2 bridgehead atoms. The predicted molar refractivity (Wildman–Crippen MR) is 119 cm³/mol. The van der Waals surface area contributed by atoms with Crippen molar-refractivity contribution >= 4 is 39.3 Å². The maximum absolute atomic E-state index is 13.5. The number of ether oxygens (including phenoxy) is 2. The molecular weight excluding hydrogens is 404 g/mol. The number of benzene rings is 4. The Labute approximate surface area is 183 Å². The van der Waals surface area contributed by atoms with Gasteiger partial charge in [0.15, 0.2) is 5.78 Å². The molecule has 0 amide bonds. The minimum absolute atomic E-state index is 0.0165. The van der Waals surface area contributed by atoms with Gasteiger partial charge in [-0.05, 0) is 34.0 Å². The molecule has 0 spiro atoms. The summed E-state index contributed by atoms with van der Waals surface area (Å²) >= 11 is 0. The summed E-state index contributed by atoms with van der Waals surface area (Å²) in [6, 6.07) is 19.3. The zero-order chi connectivity index (χ0) is 22.1. The van der Waals surface area contributed by atoms with Gasteiger partial charge in [0.2, 0.25) is 0 Å². The molecule has 0 heterocycles. The van der Waals surface area contributed by atoms with E-state index in [1.807, 2.05) is 60.7 Å². The Morgan fingerprint density at radius 2 is 1.09 bits per heavy atom. The van der Waals surface area contributed by atoms with E-state index in [4.69, 9.17) is 9.47 Å². The lowest BCUT2D eigenvalue weighted by molar-refractivity contribution is -0.133. The molecule has 2 atom stereocenters. The van der Waals surface area contributed by atoms with Crippen LogP contribution in [0.15, 0.2) is 60.7 Å². The van der Waals surface area contributed by atoms with Crippen LogP contribution in [0.25, 0.3) is 21.5 Å². The third-order valence-electron chi connectivity index (χ3n) is 6.41. The molecule has 4 aromatic carbocycles. The zero-order valence-corrected chi connectivity index (χ0v) is 17.5. The van der Waals surface area contributed by atoms with E-state index in [1.54, 1.807) is 0 Å². The van der Waals surface area contributed by atoms with E-state index >= 15 is 0 Å². The number of carbonyl (C=O) groups excluding carboxylic acids is 3. The molecular formula is C27H18O5. The molecule has 32 heavy (non-hydrogen) atoms. The normalized spacial score (nSPS) is 18.0. The van der Waals surface area contributed by atoms with Crippen molar-refractivity contribution in [2.75, 3.05) is 0 Å². The molecule has 4 aromatic rings. The van der Waals surface area contributed by atoms with Crippen LogP contribution >= 0.6 is 0 Å². The second kappa shape index (κ2) is 6.50. The summed E-state index contributed by atoms with van der Waals surface area (Å²) in [4.78, 5) is 37.7. The van der Waals surface area contributed by atoms with E-state index in [1.165, 1.54) is 13.8 Å². The van der Waals surface area contributed by atoms with Crippen LogP contribution in [0.4, 0.5) is 0 Å². The first-order valence-electron chi connectivity index (χ1n) is 10.5. The van der Waals surface area contributed by atoms with Crippen LogP contribution in [-0.2, 0) is 14.4 Å². The first-order valence-corrected chi connectivity index (χ1v) is 10.5. The number of esters is 2. The molecule has 2 unspecified atom stereocenters. The van der Waals surface area contributed by atoms with E-state index < -0.39 is 23.8 Å². The quantitative estimate of drug-likeness (QED) is 0.258. The van der Waals surface area contributed by atoms with Gasteiger partial charge in [0.25, 0.3) is 0 Å². The van der Waals surface area contributed by atoms with Crippen LogP contribution in [0.1, 0.15) is 47.9 Å². The van der Waals surface area contributed by atoms with Gasteiger partial charge in [-0.1, -0.05) is 48.5 Å². The highest BCUT2D eigenvalue weighted by Gasteiger charge is 2.53. The second-order valence-corrected chi connectivity index (χ2v) is 8.32. The van der Waals surface area contributed by atoms with Gasteiger partial charge in [0, 0.05) is 35.7 Å². The van der Waals surface area contributed by atoms with Gasteiger partial charge in [-0.3, -0.25) is 14.4 Å². The van der Waals surface area contributed by atoms with Crippen molar-refractivity contribution in [1.82, 2.24) is 0 Å². The van der Waals surface area contributed by atoms with Crippen molar-refractivity contribution in [2.45, 2.75) is 25.7 Å². The molecule has 2 aliphatic rings.